The number of nitrogens with one attached hydrogen (secondary N) is 2. The van der Waals surface area contributed by atoms with Gasteiger partial charge in [0.1, 0.15) is 5.82 Å². The molecule has 0 unspecified atom stereocenters. The highest BCUT2D eigenvalue weighted by Gasteiger charge is 2.29. The highest BCUT2D eigenvalue weighted by molar-refractivity contribution is 5.81. The summed E-state index contributed by atoms with van der Waals surface area (Å²) in [7, 11) is 1.64. The summed E-state index contributed by atoms with van der Waals surface area (Å²) >= 11 is 0. The normalized spacial score (nSPS) is 19.8. The molecular weight excluding hydrogens is 335 g/mol. The summed E-state index contributed by atoms with van der Waals surface area (Å²) < 4.78 is 18.5. The number of carbonyl (C=O) groups excluding carboxylic acids is 2. The minimum Gasteiger partial charge on any atom is -0.385 e. The zero-order chi connectivity index (χ0) is 18.8. The second-order valence-electron chi connectivity index (χ2n) is 6.82. The first-order valence-corrected chi connectivity index (χ1v) is 9.39. The van der Waals surface area contributed by atoms with Crippen LogP contribution in [0.25, 0.3) is 0 Å². The molecule has 144 valence electrons. The van der Waals surface area contributed by atoms with E-state index in [1.165, 1.54) is 6.07 Å². The zero-order valence-corrected chi connectivity index (χ0v) is 15.4. The van der Waals surface area contributed by atoms with Crippen molar-refractivity contribution >= 4 is 11.8 Å². The Labute approximate surface area is 154 Å². The van der Waals surface area contributed by atoms with Crippen LogP contribution in [0.2, 0.25) is 0 Å². The van der Waals surface area contributed by atoms with Crippen molar-refractivity contribution in [3.05, 3.63) is 35.6 Å². The molecule has 1 aromatic rings. The van der Waals surface area contributed by atoms with Gasteiger partial charge in [0.15, 0.2) is 0 Å². The highest BCUT2D eigenvalue weighted by atomic mass is 19.1. The molecule has 1 saturated carbocycles. The molecule has 0 saturated heterocycles. The number of ether oxygens (including phenoxy) is 1. The number of carbonyl (C=O) groups is 2. The van der Waals surface area contributed by atoms with Gasteiger partial charge in [0, 0.05) is 38.6 Å². The molecule has 2 N–H and O–H groups in total. The zero-order valence-electron chi connectivity index (χ0n) is 15.4. The Kier molecular flexibility index (Phi) is 8.54. The lowest BCUT2D eigenvalue weighted by molar-refractivity contribution is -0.130. The average Bonchev–Trinajstić information content (AvgIpc) is 2.66. The van der Waals surface area contributed by atoms with E-state index in [0.29, 0.717) is 31.7 Å². The fraction of sp³-hybridized carbons (Fsp3) is 0.600. The summed E-state index contributed by atoms with van der Waals surface area (Å²) in [5.74, 6) is -0.188. The molecule has 0 aliphatic heterocycles. The molecule has 1 fully saturated rings. The van der Waals surface area contributed by atoms with Gasteiger partial charge in [-0.05, 0) is 50.2 Å². The summed E-state index contributed by atoms with van der Waals surface area (Å²) in [5.41, 5.74) is 0.613. The molecule has 6 heteroatoms. The first-order valence-electron chi connectivity index (χ1n) is 9.39. The molecule has 1 aromatic carbocycles. The Morgan fingerprint density at radius 3 is 2.19 bits per heavy atom. The van der Waals surface area contributed by atoms with Crippen LogP contribution in [0.4, 0.5) is 4.39 Å². The van der Waals surface area contributed by atoms with Gasteiger partial charge in [0.25, 0.3) is 0 Å². The fourth-order valence-electron chi connectivity index (χ4n) is 3.36. The van der Waals surface area contributed by atoms with Crippen LogP contribution in [0.5, 0.6) is 0 Å². The van der Waals surface area contributed by atoms with Crippen LogP contribution in [0.3, 0.4) is 0 Å². The lowest BCUT2D eigenvalue weighted by Gasteiger charge is -2.27. The molecule has 1 aliphatic rings. The summed E-state index contributed by atoms with van der Waals surface area (Å²) in [5, 5.41) is 5.83. The van der Waals surface area contributed by atoms with Gasteiger partial charge in [-0.2, -0.15) is 0 Å². The minimum atomic E-state index is -0.237. The average molecular weight is 364 g/mol. The van der Waals surface area contributed by atoms with Gasteiger partial charge in [0.2, 0.25) is 11.8 Å². The molecule has 2 amide bonds. The Morgan fingerprint density at radius 2 is 1.62 bits per heavy atom. The largest absolute Gasteiger partial charge is 0.385 e. The molecule has 1 aliphatic carbocycles. The SMILES string of the molecule is COCCCNC(=O)C1CCC(C(=O)NCCc2ccccc2F)CC1. The molecular formula is C20H29FN2O3. The van der Waals surface area contributed by atoms with Crippen molar-refractivity contribution in [3.63, 3.8) is 0 Å². The predicted molar refractivity (Wildman–Crippen MR) is 98.1 cm³/mol. The van der Waals surface area contributed by atoms with Gasteiger partial charge in [-0.1, -0.05) is 18.2 Å². The first-order chi connectivity index (χ1) is 12.6. The van der Waals surface area contributed by atoms with Crippen LogP contribution in [0.1, 0.15) is 37.7 Å². The van der Waals surface area contributed by atoms with Crippen molar-refractivity contribution in [2.75, 3.05) is 26.8 Å². The van der Waals surface area contributed by atoms with Crippen molar-refractivity contribution in [2.24, 2.45) is 11.8 Å². The standard InChI is InChI=1S/C20H29FN2O3/c1-26-14-4-12-22-19(24)16-7-9-17(10-8-16)20(25)23-13-11-15-5-2-3-6-18(15)21/h2-3,5-6,16-17H,4,7-14H2,1H3,(H,22,24)(H,23,25). The highest BCUT2D eigenvalue weighted by Crippen LogP contribution is 2.29. The van der Waals surface area contributed by atoms with E-state index < -0.39 is 0 Å². The Bertz CT molecular complexity index is 586. The molecule has 2 rings (SSSR count). The van der Waals surface area contributed by atoms with Crippen molar-refractivity contribution < 1.29 is 18.7 Å². The molecule has 0 atom stereocenters. The molecule has 0 spiro atoms. The third-order valence-electron chi connectivity index (χ3n) is 4.94. The van der Waals surface area contributed by atoms with E-state index >= 15 is 0 Å². The molecule has 26 heavy (non-hydrogen) atoms. The van der Waals surface area contributed by atoms with Gasteiger partial charge in [-0.25, -0.2) is 4.39 Å². The number of amides is 2. The van der Waals surface area contributed by atoms with E-state index in [1.54, 1.807) is 25.3 Å². The van der Waals surface area contributed by atoms with E-state index in [1.807, 2.05) is 0 Å². The Hall–Kier alpha value is -1.95. The van der Waals surface area contributed by atoms with Crippen LogP contribution in [-0.4, -0.2) is 38.6 Å². The van der Waals surface area contributed by atoms with Crippen molar-refractivity contribution in [1.82, 2.24) is 10.6 Å². The van der Waals surface area contributed by atoms with E-state index in [0.717, 1.165) is 32.1 Å². The number of hydrogen-bond donors (Lipinski definition) is 2. The molecule has 0 bridgehead atoms. The first kappa shape index (κ1) is 20.4. The number of hydrogen-bond acceptors (Lipinski definition) is 3. The van der Waals surface area contributed by atoms with Gasteiger partial charge >= 0.3 is 0 Å². The molecule has 0 heterocycles. The van der Waals surface area contributed by atoms with E-state index in [2.05, 4.69) is 10.6 Å². The van der Waals surface area contributed by atoms with Crippen molar-refractivity contribution in [3.8, 4) is 0 Å². The second kappa shape index (κ2) is 10.9. The second-order valence-corrected chi connectivity index (χ2v) is 6.82. The topological polar surface area (TPSA) is 67.4 Å². The summed E-state index contributed by atoms with van der Waals surface area (Å²) in [6.45, 7) is 1.70. The quantitative estimate of drug-likeness (QED) is 0.662. The van der Waals surface area contributed by atoms with Crippen molar-refractivity contribution in [1.29, 1.82) is 0 Å². The maximum absolute atomic E-state index is 13.6. The summed E-state index contributed by atoms with van der Waals surface area (Å²) in [6.07, 6.45) is 4.21. The molecule has 0 radical (unpaired) electrons. The third-order valence-corrected chi connectivity index (χ3v) is 4.94. The van der Waals surface area contributed by atoms with E-state index in [4.69, 9.17) is 4.74 Å². The number of halogens is 1. The summed E-state index contributed by atoms with van der Waals surface area (Å²) in [6, 6.07) is 6.61. The maximum atomic E-state index is 13.6. The Morgan fingerprint density at radius 1 is 1.04 bits per heavy atom. The van der Waals surface area contributed by atoms with Crippen LogP contribution in [-0.2, 0) is 20.7 Å². The number of rotatable bonds is 9. The molecule has 5 nitrogen and oxygen atoms in total. The fourth-order valence-corrected chi connectivity index (χ4v) is 3.36. The maximum Gasteiger partial charge on any atom is 0.223 e. The predicted octanol–water partition coefficient (Wildman–Crippen LogP) is 2.44. The lowest BCUT2D eigenvalue weighted by atomic mass is 9.81. The minimum absolute atomic E-state index is 0.00000882. The van der Waals surface area contributed by atoms with E-state index in [9.17, 15) is 14.0 Å². The summed E-state index contributed by atoms with van der Waals surface area (Å²) in [4.78, 5) is 24.4. The third kappa shape index (κ3) is 6.41. The van der Waals surface area contributed by atoms with Gasteiger partial charge in [-0.15, -0.1) is 0 Å². The van der Waals surface area contributed by atoms with E-state index in [-0.39, 0.29) is 29.5 Å². The van der Waals surface area contributed by atoms with Crippen molar-refractivity contribution in [2.45, 2.75) is 38.5 Å². The molecule has 0 aromatic heterocycles. The van der Waals surface area contributed by atoms with Crippen LogP contribution in [0.15, 0.2) is 24.3 Å². The van der Waals surface area contributed by atoms with Gasteiger partial charge in [-0.3, -0.25) is 9.59 Å². The Balaban J connectivity index is 1.64. The van der Waals surface area contributed by atoms with Gasteiger partial charge in [0.05, 0.1) is 0 Å². The van der Waals surface area contributed by atoms with Gasteiger partial charge < -0.3 is 15.4 Å². The van der Waals surface area contributed by atoms with Crippen LogP contribution >= 0.6 is 0 Å². The smallest absolute Gasteiger partial charge is 0.223 e. The number of methoxy groups -OCH3 is 1. The van der Waals surface area contributed by atoms with Crippen LogP contribution in [0, 0.1) is 17.7 Å². The lowest BCUT2D eigenvalue weighted by Crippen LogP contribution is -2.38. The monoisotopic (exact) mass is 364 g/mol. The van der Waals surface area contributed by atoms with Crippen LogP contribution < -0.4 is 10.6 Å². The number of benzene rings is 1.